The fraction of sp³-hybridized carbons (Fsp3) is 0.500. The lowest BCUT2D eigenvalue weighted by Gasteiger charge is -2.25. The number of aliphatic carboxylic acids is 1. The Morgan fingerprint density at radius 2 is 2.19 bits per heavy atom. The average Bonchev–Trinajstić information content (AvgIpc) is 2.85. The molecule has 1 atom stereocenters. The van der Waals surface area contributed by atoms with Crippen molar-refractivity contribution >= 4 is 12.0 Å². The lowest BCUT2D eigenvalue weighted by atomic mass is 10.1. The summed E-state index contributed by atoms with van der Waals surface area (Å²) in [5.74, 6) is -0.707. The smallest absolute Gasteiger partial charge is 0.320 e. The predicted molar refractivity (Wildman–Crippen MR) is 80.0 cm³/mol. The number of likely N-dealkylation sites (tertiary alicyclic amines) is 1. The first-order chi connectivity index (χ1) is 9.95. The Hall–Kier alpha value is -2.04. The first kappa shape index (κ1) is 15.4. The molecule has 2 rings (SSSR count). The summed E-state index contributed by atoms with van der Waals surface area (Å²) in [6.45, 7) is 3.79. The van der Waals surface area contributed by atoms with E-state index in [2.05, 4.69) is 6.07 Å². The molecule has 1 aliphatic rings. The van der Waals surface area contributed by atoms with Crippen molar-refractivity contribution < 1.29 is 14.7 Å². The van der Waals surface area contributed by atoms with E-state index >= 15 is 0 Å². The highest BCUT2D eigenvalue weighted by molar-refractivity contribution is 5.74. The maximum absolute atomic E-state index is 12.4. The van der Waals surface area contributed by atoms with Gasteiger partial charge in [0.05, 0.1) is 0 Å². The lowest BCUT2D eigenvalue weighted by molar-refractivity contribution is -0.138. The normalized spacial score (nSPS) is 17.8. The van der Waals surface area contributed by atoms with Crippen LogP contribution in [0.1, 0.15) is 24.0 Å². The number of hydrogen-bond acceptors (Lipinski definition) is 2. The molecule has 0 spiro atoms. The Morgan fingerprint density at radius 1 is 1.43 bits per heavy atom. The van der Waals surface area contributed by atoms with E-state index in [1.165, 1.54) is 5.56 Å². The number of benzene rings is 1. The van der Waals surface area contributed by atoms with Gasteiger partial charge >= 0.3 is 12.0 Å². The quantitative estimate of drug-likeness (QED) is 0.926. The van der Waals surface area contributed by atoms with E-state index in [9.17, 15) is 9.59 Å². The Kier molecular flexibility index (Phi) is 4.83. The van der Waals surface area contributed by atoms with E-state index < -0.39 is 5.97 Å². The molecule has 114 valence electrons. The Balaban J connectivity index is 1.90. The first-order valence-corrected chi connectivity index (χ1v) is 7.23. The second-order valence-electron chi connectivity index (χ2n) is 5.83. The Labute approximate surface area is 125 Å². The minimum Gasteiger partial charge on any atom is -0.481 e. The molecular formula is C16H22N2O3. The summed E-state index contributed by atoms with van der Waals surface area (Å²) in [6, 6.07) is 8.07. The topological polar surface area (TPSA) is 60.9 Å². The van der Waals surface area contributed by atoms with Crippen molar-refractivity contribution in [1.29, 1.82) is 0 Å². The molecule has 1 N–H and O–H groups in total. The van der Waals surface area contributed by atoms with Crippen LogP contribution in [-0.4, -0.2) is 47.0 Å². The highest BCUT2D eigenvalue weighted by atomic mass is 16.4. The summed E-state index contributed by atoms with van der Waals surface area (Å²) in [6.07, 6.45) is 0.918. The zero-order valence-corrected chi connectivity index (χ0v) is 12.6. The van der Waals surface area contributed by atoms with Crippen LogP contribution >= 0.6 is 0 Å². The number of hydrogen-bond donors (Lipinski definition) is 1. The number of rotatable bonds is 4. The molecule has 2 amide bonds. The molecule has 5 nitrogen and oxygen atoms in total. The summed E-state index contributed by atoms with van der Waals surface area (Å²) in [7, 11) is 1.79. The molecule has 0 aliphatic carbocycles. The minimum atomic E-state index is -0.789. The van der Waals surface area contributed by atoms with Gasteiger partial charge in [-0.15, -0.1) is 0 Å². The molecule has 1 aromatic carbocycles. The van der Waals surface area contributed by atoms with Gasteiger partial charge < -0.3 is 14.9 Å². The lowest BCUT2D eigenvalue weighted by Crippen LogP contribution is -2.39. The predicted octanol–water partition coefficient (Wildman–Crippen LogP) is 2.34. The number of carbonyl (C=O) groups is 2. The van der Waals surface area contributed by atoms with Crippen molar-refractivity contribution in [3.05, 3.63) is 35.4 Å². The molecule has 0 radical (unpaired) electrons. The van der Waals surface area contributed by atoms with E-state index in [1.54, 1.807) is 16.8 Å². The van der Waals surface area contributed by atoms with Crippen molar-refractivity contribution in [2.75, 3.05) is 20.1 Å². The molecule has 1 aromatic rings. The molecule has 0 saturated carbocycles. The largest absolute Gasteiger partial charge is 0.481 e. The fourth-order valence-corrected chi connectivity index (χ4v) is 2.81. The van der Waals surface area contributed by atoms with Gasteiger partial charge in [0.25, 0.3) is 0 Å². The highest BCUT2D eigenvalue weighted by Crippen LogP contribution is 2.21. The minimum absolute atomic E-state index is 0.0237. The molecular weight excluding hydrogens is 268 g/mol. The number of urea groups is 1. The molecule has 1 fully saturated rings. The van der Waals surface area contributed by atoms with Gasteiger partial charge in [-0.2, -0.15) is 0 Å². The third-order valence-electron chi connectivity index (χ3n) is 3.85. The van der Waals surface area contributed by atoms with Gasteiger partial charge in [0.1, 0.15) is 0 Å². The zero-order chi connectivity index (χ0) is 15.4. The zero-order valence-electron chi connectivity index (χ0n) is 12.6. The van der Waals surface area contributed by atoms with Crippen LogP contribution in [0, 0.1) is 12.8 Å². The van der Waals surface area contributed by atoms with Crippen LogP contribution in [0.15, 0.2) is 24.3 Å². The van der Waals surface area contributed by atoms with Crippen LogP contribution < -0.4 is 0 Å². The first-order valence-electron chi connectivity index (χ1n) is 7.23. The van der Waals surface area contributed by atoms with Gasteiger partial charge in [-0.05, 0) is 24.8 Å². The fourth-order valence-electron chi connectivity index (χ4n) is 2.81. The van der Waals surface area contributed by atoms with Gasteiger partial charge in [-0.1, -0.05) is 29.8 Å². The van der Waals surface area contributed by atoms with Crippen molar-refractivity contribution in [3.63, 3.8) is 0 Å². The molecule has 1 aliphatic heterocycles. The molecule has 5 heteroatoms. The summed E-state index contributed by atoms with van der Waals surface area (Å²) < 4.78 is 0. The summed E-state index contributed by atoms with van der Waals surface area (Å²) in [5, 5.41) is 8.81. The van der Waals surface area contributed by atoms with E-state index in [-0.39, 0.29) is 18.4 Å². The third-order valence-corrected chi connectivity index (χ3v) is 3.85. The number of nitrogens with zero attached hydrogens (tertiary/aromatic N) is 2. The van der Waals surface area contributed by atoms with Crippen molar-refractivity contribution in [1.82, 2.24) is 9.80 Å². The van der Waals surface area contributed by atoms with Crippen LogP contribution in [-0.2, 0) is 11.3 Å². The summed E-state index contributed by atoms with van der Waals surface area (Å²) in [5.41, 5.74) is 2.28. The molecule has 0 aromatic heterocycles. The van der Waals surface area contributed by atoms with E-state index in [0.717, 1.165) is 12.0 Å². The average molecular weight is 290 g/mol. The second-order valence-corrected chi connectivity index (χ2v) is 5.83. The number of aryl methyl sites for hydroxylation is 1. The maximum atomic E-state index is 12.4. The van der Waals surface area contributed by atoms with Crippen LogP contribution in [0.2, 0.25) is 0 Å². The van der Waals surface area contributed by atoms with E-state index in [0.29, 0.717) is 19.6 Å². The number of carboxylic acids is 1. The van der Waals surface area contributed by atoms with Crippen molar-refractivity contribution in [2.45, 2.75) is 26.3 Å². The third kappa shape index (κ3) is 4.21. The summed E-state index contributed by atoms with van der Waals surface area (Å²) >= 11 is 0. The standard InChI is InChI=1S/C16H22N2O3/c1-12-4-3-5-13(8-12)10-17(2)16(21)18-7-6-14(11-18)9-15(19)20/h3-5,8,14H,6-7,9-11H2,1-2H3,(H,19,20). The van der Waals surface area contributed by atoms with Gasteiger partial charge in [-0.25, -0.2) is 4.79 Å². The highest BCUT2D eigenvalue weighted by Gasteiger charge is 2.29. The Morgan fingerprint density at radius 3 is 2.86 bits per heavy atom. The van der Waals surface area contributed by atoms with Crippen LogP contribution in [0.4, 0.5) is 4.79 Å². The SMILES string of the molecule is Cc1cccc(CN(C)C(=O)N2CCC(CC(=O)O)C2)c1. The van der Waals surface area contributed by atoms with Crippen molar-refractivity contribution in [2.24, 2.45) is 5.92 Å². The molecule has 0 bridgehead atoms. The van der Waals surface area contributed by atoms with Gasteiger partial charge in [0.2, 0.25) is 0 Å². The number of amides is 2. The van der Waals surface area contributed by atoms with Gasteiger partial charge in [0.15, 0.2) is 0 Å². The monoisotopic (exact) mass is 290 g/mol. The van der Waals surface area contributed by atoms with Crippen LogP contribution in [0.3, 0.4) is 0 Å². The van der Waals surface area contributed by atoms with E-state index in [4.69, 9.17) is 5.11 Å². The molecule has 1 heterocycles. The summed E-state index contributed by atoms with van der Waals surface area (Å²) in [4.78, 5) is 26.5. The Bertz CT molecular complexity index is 530. The second kappa shape index (κ2) is 6.61. The maximum Gasteiger partial charge on any atom is 0.320 e. The van der Waals surface area contributed by atoms with E-state index in [1.807, 2.05) is 25.1 Å². The van der Waals surface area contributed by atoms with Crippen LogP contribution in [0.5, 0.6) is 0 Å². The van der Waals surface area contributed by atoms with Crippen LogP contribution in [0.25, 0.3) is 0 Å². The molecule has 21 heavy (non-hydrogen) atoms. The number of carbonyl (C=O) groups excluding carboxylic acids is 1. The number of carboxylic acid groups (broad SMARTS) is 1. The molecule has 1 unspecified atom stereocenters. The van der Waals surface area contributed by atoms with Gasteiger partial charge in [0, 0.05) is 33.1 Å². The van der Waals surface area contributed by atoms with Gasteiger partial charge in [-0.3, -0.25) is 4.79 Å². The molecule has 1 saturated heterocycles. The van der Waals surface area contributed by atoms with Crippen molar-refractivity contribution in [3.8, 4) is 0 Å².